The number of carbonyl (C=O) groups is 1. The molecule has 1 aliphatic carbocycles. The molecule has 1 atom stereocenters. The summed E-state index contributed by atoms with van der Waals surface area (Å²) in [6.45, 7) is 4.67. The van der Waals surface area contributed by atoms with Gasteiger partial charge in [-0.25, -0.2) is 12.9 Å². The lowest BCUT2D eigenvalue weighted by molar-refractivity contribution is -0.117. The van der Waals surface area contributed by atoms with Gasteiger partial charge >= 0.3 is 0 Å². The lowest BCUT2D eigenvalue weighted by atomic mass is 10.00. The Balaban J connectivity index is 1.32. The van der Waals surface area contributed by atoms with Crippen LogP contribution in [0.4, 0.5) is 5.82 Å². The highest BCUT2D eigenvalue weighted by Gasteiger charge is 2.30. The van der Waals surface area contributed by atoms with Crippen LogP contribution >= 0.6 is 0 Å². The minimum absolute atomic E-state index is 0.0515. The Hall–Kier alpha value is -2.75. The van der Waals surface area contributed by atoms with E-state index in [-0.39, 0.29) is 17.9 Å². The number of anilines is 1. The van der Waals surface area contributed by atoms with Crippen LogP contribution in [0.1, 0.15) is 31.4 Å². The molecule has 1 N–H and O–H groups in total. The summed E-state index contributed by atoms with van der Waals surface area (Å²) in [5, 5.41) is 7.44. The van der Waals surface area contributed by atoms with E-state index in [0.717, 1.165) is 42.6 Å². The number of hydrogen-bond donors (Lipinski definition) is 1. The molecule has 0 bridgehead atoms. The molecule has 0 spiro atoms. The third-order valence-corrected chi connectivity index (χ3v) is 8.00. The molecule has 1 amide bonds. The van der Waals surface area contributed by atoms with Crippen molar-refractivity contribution in [2.75, 3.05) is 37.8 Å². The topological polar surface area (TPSA) is 87.0 Å². The van der Waals surface area contributed by atoms with Crippen molar-refractivity contribution in [2.45, 2.75) is 25.8 Å². The molecule has 2 aromatic heterocycles. The van der Waals surface area contributed by atoms with Gasteiger partial charge in [0.05, 0.1) is 11.8 Å². The molecule has 9 heteroatoms. The van der Waals surface area contributed by atoms with E-state index in [4.69, 9.17) is 0 Å². The summed E-state index contributed by atoms with van der Waals surface area (Å²) in [6.07, 6.45) is 5.08. The van der Waals surface area contributed by atoms with Crippen LogP contribution in [0.2, 0.25) is 0 Å². The van der Waals surface area contributed by atoms with Crippen LogP contribution in [0.25, 0.3) is 16.6 Å². The molecular formula is C24H29N5O3S. The van der Waals surface area contributed by atoms with Crippen LogP contribution in [0.15, 0.2) is 48.7 Å². The summed E-state index contributed by atoms with van der Waals surface area (Å²) in [6, 6.07) is 14.7. The Morgan fingerprint density at radius 2 is 1.79 bits per heavy atom. The quantitative estimate of drug-likeness (QED) is 0.602. The molecule has 174 valence electrons. The first kappa shape index (κ1) is 22.1. The van der Waals surface area contributed by atoms with Crippen LogP contribution in [0.3, 0.4) is 0 Å². The van der Waals surface area contributed by atoms with Crippen molar-refractivity contribution in [3.63, 3.8) is 0 Å². The predicted molar refractivity (Wildman–Crippen MR) is 128 cm³/mol. The Morgan fingerprint density at radius 3 is 2.42 bits per heavy atom. The maximum absolute atomic E-state index is 12.1. The summed E-state index contributed by atoms with van der Waals surface area (Å²) in [5.41, 5.74) is 4.28. The molecule has 1 aliphatic heterocycles. The molecular weight excluding hydrogens is 438 g/mol. The van der Waals surface area contributed by atoms with Gasteiger partial charge in [0.1, 0.15) is 0 Å². The van der Waals surface area contributed by atoms with E-state index in [1.807, 2.05) is 18.3 Å². The molecule has 33 heavy (non-hydrogen) atoms. The molecule has 2 aliphatic rings. The molecule has 3 aromatic rings. The van der Waals surface area contributed by atoms with E-state index in [2.05, 4.69) is 52.6 Å². The first-order valence-corrected chi connectivity index (χ1v) is 13.2. The number of benzene rings is 1. The predicted octanol–water partition coefficient (Wildman–Crippen LogP) is 2.99. The van der Waals surface area contributed by atoms with Gasteiger partial charge in [-0.1, -0.05) is 30.3 Å². The highest BCUT2D eigenvalue weighted by atomic mass is 32.2. The zero-order valence-corrected chi connectivity index (χ0v) is 19.8. The number of fused-ring (bicyclic) bond motifs is 1. The maximum atomic E-state index is 12.1. The standard InChI is InChI=1S/C24H29N5O3S/c1-17(27-12-14-28(15-13-27)33(2,31)32)18-5-7-19(8-6-18)21-4-3-11-29-22(21)16-23(26-29)25-24(30)20-9-10-20/h3-8,11,16-17,20H,9-10,12-15H2,1-2H3,(H,25,26,30). The second kappa shape index (κ2) is 8.55. The third kappa shape index (κ3) is 4.66. The Labute approximate surface area is 194 Å². The molecule has 1 unspecified atom stereocenters. The number of sulfonamides is 1. The van der Waals surface area contributed by atoms with Crippen LogP contribution in [0, 0.1) is 5.92 Å². The van der Waals surface area contributed by atoms with Crippen LogP contribution in [-0.4, -0.2) is 65.6 Å². The average molecular weight is 468 g/mol. The number of carbonyl (C=O) groups excluding carboxylic acids is 1. The smallest absolute Gasteiger partial charge is 0.228 e. The Morgan fingerprint density at radius 1 is 1.09 bits per heavy atom. The lowest BCUT2D eigenvalue weighted by Gasteiger charge is -2.37. The highest BCUT2D eigenvalue weighted by Crippen LogP contribution is 2.32. The largest absolute Gasteiger partial charge is 0.309 e. The summed E-state index contributed by atoms with van der Waals surface area (Å²) in [4.78, 5) is 14.4. The number of pyridine rings is 1. The third-order valence-electron chi connectivity index (χ3n) is 6.70. The lowest BCUT2D eigenvalue weighted by Crippen LogP contribution is -2.48. The number of amides is 1. The SMILES string of the molecule is CC(c1ccc(-c2cccn3nc(NC(=O)C4CC4)cc23)cc1)N1CCN(S(C)(=O)=O)CC1. The van der Waals surface area contributed by atoms with Gasteiger partial charge in [0.15, 0.2) is 5.82 Å². The zero-order valence-electron chi connectivity index (χ0n) is 18.9. The van der Waals surface area contributed by atoms with E-state index < -0.39 is 10.0 Å². The van der Waals surface area contributed by atoms with E-state index in [9.17, 15) is 13.2 Å². The minimum atomic E-state index is -3.12. The molecule has 3 heterocycles. The summed E-state index contributed by atoms with van der Waals surface area (Å²) in [7, 11) is -3.12. The first-order valence-electron chi connectivity index (χ1n) is 11.4. The van der Waals surface area contributed by atoms with Gasteiger partial charge in [0.25, 0.3) is 0 Å². The van der Waals surface area contributed by atoms with Gasteiger partial charge in [-0.15, -0.1) is 0 Å². The van der Waals surface area contributed by atoms with Crippen molar-refractivity contribution < 1.29 is 13.2 Å². The molecule has 1 aromatic carbocycles. The van der Waals surface area contributed by atoms with Crippen LogP contribution in [0.5, 0.6) is 0 Å². The first-order chi connectivity index (χ1) is 15.8. The molecule has 1 saturated heterocycles. The monoisotopic (exact) mass is 467 g/mol. The van der Waals surface area contributed by atoms with Gasteiger partial charge in [-0.2, -0.15) is 9.40 Å². The van der Waals surface area contributed by atoms with Crippen molar-refractivity contribution in [2.24, 2.45) is 5.92 Å². The van der Waals surface area contributed by atoms with E-state index in [0.29, 0.717) is 18.9 Å². The zero-order chi connectivity index (χ0) is 23.2. The van der Waals surface area contributed by atoms with Crippen molar-refractivity contribution in [3.05, 3.63) is 54.2 Å². The fourth-order valence-corrected chi connectivity index (χ4v) is 5.30. The molecule has 1 saturated carbocycles. The Kier molecular flexibility index (Phi) is 5.72. The normalized spacial score (nSPS) is 19.0. The van der Waals surface area contributed by atoms with Crippen molar-refractivity contribution >= 4 is 27.3 Å². The van der Waals surface area contributed by atoms with E-state index >= 15 is 0 Å². The van der Waals surface area contributed by atoms with Crippen molar-refractivity contribution in [1.29, 1.82) is 0 Å². The molecule has 0 radical (unpaired) electrons. The van der Waals surface area contributed by atoms with Crippen LogP contribution in [-0.2, 0) is 14.8 Å². The fraction of sp³-hybridized carbons (Fsp3) is 0.417. The van der Waals surface area contributed by atoms with Gasteiger partial charge in [0, 0.05) is 56.0 Å². The average Bonchev–Trinajstić information content (AvgIpc) is 3.58. The molecule has 8 nitrogen and oxygen atoms in total. The number of aromatic nitrogens is 2. The van der Waals surface area contributed by atoms with E-state index in [1.54, 1.807) is 8.82 Å². The second-order valence-electron chi connectivity index (χ2n) is 9.04. The van der Waals surface area contributed by atoms with Gasteiger partial charge in [-0.3, -0.25) is 9.69 Å². The molecule has 2 fully saturated rings. The second-order valence-corrected chi connectivity index (χ2v) is 11.0. The van der Waals surface area contributed by atoms with Crippen LogP contribution < -0.4 is 5.32 Å². The molecule has 5 rings (SSSR count). The van der Waals surface area contributed by atoms with Gasteiger partial charge < -0.3 is 5.32 Å². The van der Waals surface area contributed by atoms with Crippen molar-refractivity contribution in [1.82, 2.24) is 18.8 Å². The van der Waals surface area contributed by atoms with Gasteiger partial charge in [-0.05, 0) is 37.0 Å². The van der Waals surface area contributed by atoms with E-state index in [1.165, 1.54) is 11.8 Å². The maximum Gasteiger partial charge on any atom is 0.228 e. The number of nitrogens with one attached hydrogen (secondary N) is 1. The minimum Gasteiger partial charge on any atom is -0.309 e. The number of rotatable bonds is 6. The summed E-state index contributed by atoms with van der Waals surface area (Å²) in [5.74, 6) is 0.770. The number of nitrogens with zero attached hydrogens (tertiary/aromatic N) is 4. The highest BCUT2D eigenvalue weighted by molar-refractivity contribution is 7.88. The number of piperazine rings is 1. The van der Waals surface area contributed by atoms with Crippen molar-refractivity contribution in [3.8, 4) is 11.1 Å². The summed E-state index contributed by atoms with van der Waals surface area (Å²) < 4.78 is 26.9. The van der Waals surface area contributed by atoms with Gasteiger partial charge in [0.2, 0.25) is 15.9 Å². The summed E-state index contributed by atoms with van der Waals surface area (Å²) >= 11 is 0. The fourth-order valence-electron chi connectivity index (χ4n) is 4.47. The Bertz CT molecular complexity index is 1270. The number of hydrogen-bond acceptors (Lipinski definition) is 5.